The van der Waals surface area contributed by atoms with Crippen LogP contribution in [0.5, 0.6) is 10.1 Å². The summed E-state index contributed by atoms with van der Waals surface area (Å²) in [5.74, 6) is 0. The van der Waals surface area contributed by atoms with Gasteiger partial charge in [-0.05, 0) is 36.7 Å². The summed E-state index contributed by atoms with van der Waals surface area (Å²) in [6, 6.07) is 4.09. The van der Waals surface area contributed by atoms with Crippen molar-refractivity contribution in [3.63, 3.8) is 0 Å². The van der Waals surface area contributed by atoms with Gasteiger partial charge < -0.3 is 14.2 Å². The first-order chi connectivity index (χ1) is 9.19. The summed E-state index contributed by atoms with van der Waals surface area (Å²) in [6.45, 7) is 5.36. The number of rotatable bonds is 5. The van der Waals surface area contributed by atoms with Gasteiger partial charge in [-0.3, -0.25) is 0 Å². The Morgan fingerprint density at radius 2 is 1.47 bits per heavy atom. The minimum atomic E-state index is 0.637. The zero-order chi connectivity index (χ0) is 14.1. The second-order valence-corrected chi connectivity index (χ2v) is 5.58. The molecule has 5 heteroatoms. The van der Waals surface area contributed by atoms with Crippen LogP contribution in [-0.4, -0.2) is 27.4 Å². The second-order valence-electron chi connectivity index (χ2n) is 3.83. The summed E-state index contributed by atoms with van der Waals surface area (Å²) in [5.41, 5.74) is 2.42. The van der Waals surface area contributed by atoms with Crippen molar-refractivity contribution in [2.24, 2.45) is 0 Å². The van der Waals surface area contributed by atoms with Crippen molar-refractivity contribution in [1.29, 1.82) is 0 Å². The lowest BCUT2D eigenvalue weighted by Gasteiger charge is -2.02. The highest BCUT2D eigenvalue weighted by molar-refractivity contribution is 7.12. The van der Waals surface area contributed by atoms with Crippen LogP contribution < -0.4 is 9.47 Å². The van der Waals surface area contributed by atoms with Gasteiger partial charge in [-0.1, -0.05) is 0 Å². The lowest BCUT2D eigenvalue weighted by Crippen LogP contribution is -2.03. The summed E-state index contributed by atoms with van der Waals surface area (Å²) in [4.78, 5) is 0. The fraction of sp³-hybridized carbons (Fsp3) is 0.429. The molecule has 0 unspecified atom stereocenters. The Hall–Kier alpha value is -1.04. The summed E-state index contributed by atoms with van der Waals surface area (Å²) in [5, 5.41) is 6.07. The second kappa shape index (κ2) is 8.96. The molecule has 2 aromatic rings. The number of aryl methyl sites for hydroxylation is 2. The van der Waals surface area contributed by atoms with E-state index < -0.39 is 0 Å². The van der Waals surface area contributed by atoms with Crippen LogP contribution in [-0.2, 0) is 4.74 Å². The zero-order valence-electron chi connectivity index (χ0n) is 11.8. The van der Waals surface area contributed by atoms with E-state index in [-0.39, 0.29) is 0 Å². The van der Waals surface area contributed by atoms with Crippen LogP contribution in [0, 0.1) is 13.8 Å². The fourth-order valence-electron chi connectivity index (χ4n) is 1.29. The smallest absolute Gasteiger partial charge is 0.176 e. The Balaban J connectivity index is 0.000000200. The fourth-order valence-corrected chi connectivity index (χ4v) is 2.84. The zero-order valence-corrected chi connectivity index (χ0v) is 13.4. The molecule has 2 rings (SSSR count). The highest BCUT2D eigenvalue weighted by Gasteiger charge is 1.98. The van der Waals surface area contributed by atoms with Gasteiger partial charge in [0.25, 0.3) is 0 Å². The maximum atomic E-state index is 5.41. The number of methoxy groups -OCH3 is 2. The average molecular weight is 300 g/mol. The van der Waals surface area contributed by atoms with Crippen LogP contribution in [0.3, 0.4) is 0 Å². The van der Waals surface area contributed by atoms with E-state index in [1.165, 1.54) is 11.1 Å². The Bertz CT molecular complexity index is 463. The molecule has 0 N–H and O–H groups in total. The van der Waals surface area contributed by atoms with Crippen LogP contribution >= 0.6 is 22.7 Å². The quantitative estimate of drug-likeness (QED) is 0.777. The Morgan fingerprint density at radius 1 is 0.895 bits per heavy atom. The van der Waals surface area contributed by atoms with Gasteiger partial charge in [0.2, 0.25) is 0 Å². The maximum absolute atomic E-state index is 5.41. The van der Waals surface area contributed by atoms with Gasteiger partial charge in [0.15, 0.2) is 10.1 Å². The first kappa shape index (κ1) is 16.0. The maximum Gasteiger partial charge on any atom is 0.176 e. The molecule has 0 spiro atoms. The molecule has 19 heavy (non-hydrogen) atoms. The van der Waals surface area contributed by atoms with E-state index >= 15 is 0 Å². The Labute approximate surface area is 122 Å². The molecule has 3 nitrogen and oxygen atoms in total. The molecule has 0 fully saturated rings. The molecule has 0 atom stereocenters. The third kappa shape index (κ3) is 5.63. The molecule has 2 aromatic heterocycles. The molecule has 0 aliphatic rings. The van der Waals surface area contributed by atoms with E-state index in [1.807, 2.05) is 36.7 Å². The van der Waals surface area contributed by atoms with Gasteiger partial charge in [0.05, 0.1) is 13.7 Å². The van der Waals surface area contributed by atoms with Crippen LogP contribution in [0.25, 0.3) is 0 Å². The van der Waals surface area contributed by atoms with Gasteiger partial charge in [0.1, 0.15) is 6.61 Å². The van der Waals surface area contributed by atoms with Crippen molar-refractivity contribution in [2.75, 3.05) is 27.4 Å². The van der Waals surface area contributed by atoms with E-state index in [1.54, 1.807) is 36.9 Å². The number of hydrogen-bond donors (Lipinski definition) is 0. The normalized spacial score (nSPS) is 9.68. The van der Waals surface area contributed by atoms with Crippen molar-refractivity contribution in [3.8, 4) is 10.1 Å². The van der Waals surface area contributed by atoms with E-state index in [0.717, 1.165) is 10.1 Å². The highest BCUT2D eigenvalue weighted by Crippen LogP contribution is 2.24. The lowest BCUT2D eigenvalue weighted by molar-refractivity contribution is 0.148. The molecule has 106 valence electrons. The van der Waals surface area contributed by atoms with Crippen LogP contribution in [0.2, 0.25) is 0 Å². The van der Waals surface area contributed by atoms with Crippen LogP contribution in [0.15, 0.2) is 22.9 Å². The third-order valence-electron chi connectivity index (χ3n) is 2.34. The molecule has 0 aliphatic carbocycles. The summed E-state index contributed by atoms with van der Waals surface area (Å²) >= 11 is 3.25. The molecular weight excluding hydrogens is 280 g/mol. The van der Waals surface area contributed by atoms with Crippen molar-refractivity contribution >= 4 is 22.7 Å². The molecular formula is C14H20O3S2. The van der Waals surface area contributed by atoms with Gasteiger partial charge in [-0.25, -0.2) is 0 Å². The monoisotopic (exact) mass is 300 g/mol. The largest absolute Gasteiger partial charge is 0.487 e. The molecule has 0 radical (unpaired) electrons. The molecule has 2 heterocycles. The Kier molecular flexibility index (Phi) is 7.55. The van der Waals surface area contributed by atoms with Crippen molar-refractivity contribution < 1.29 is 14.2 Å². The van der Waals surface area contributed by atoms with Crippen LogP contribution in [0.4, 0.5) is 0 Å². The van der Waals surface area contributed by atoms with E-state index in [9.17, 15) is 0 Å². The van der Waals surface area contributed by atoms with E-state index in [2.05, 4.69) is 0 Å². The predicted molar refractivity (Wildman–Crippen MR) is 82.0 cm³/mol. The number of thiophene rings is 2. The van der Waals surface area contributed by atoms with E-state index in [4.69, 9.17) is 14.2 Å². The molecule has 0 saturated heterocycles. The van der Waals surface area contributed by atoms with Gasteiger partial charge >= 0.3 is 0 Å². The van der Waals surface area contributed by atoms with Gasteiger partial charge in [-0.15, -0.1) is 22.7 Å². The lowest BCUT2D eigenvalue weighted by atomic mass is 10.4. The summed E-state index contributed by atoms with van der Waals surface area (Å²) < 4.78 is 15.3. The number of ether oxygens (including phenoxy) is 3. The van der Waals surface area contributed by atoms with Crippen molar-refractivity contribution in [1.82, 2.24) is 0 Å². The van der Waals surface area contributed by atoms with Crippen molar-refractivity contribution in [2.45, 2.75) is 13.8 Å². The molecule has 0 aliphatic heterocycles. The van der Waals surface area contributed by atoms with Gasteiger partial charge in [0, 0.05) is 18.2 Å². The minimum Gasteiger partial charge on any atom is -0.487 e. The van der Waals surface area contributed by atoms with Gasteiger partial charge in [-0.2, -0.15) is 0 Å². The average Bonchev–Trinajstić information content (AvgIpc) is 3.00. The molecule has 0 saturated carbocycles. The minimum absolute atomic E-state index is 0.637. The predicted octanol–water partition coefficient (Wildman–Crippen LogP) is 4.15. The number of hydrogen-bond acceptors (Lipinski definition) is 5. The Morgan fingerprint density at radius 3 is 1.84 bits per heavy atom. The molecule has 0 bridgehead atoms. The first-order valence-electron chi connectivity index (χ1n) is 5.93. The summed E-state index contributed by atoms with van der Waals surface area (Å²) in [6.07, 6.45) is 0. The molecule has 0 aromatic carbocycles. The van der Waals surface area contributed by atoms with Crippen molar-refractivity contribution in [3.05, 3.63) is 34.0 Å². The first-order valence-corrected chi connectivity index (χ1v) is 7.69. The highest BCUT2D eigenvalue weighted by atomic mass is 32.1. The standard InChI is InChI=1S/C8H12O2S.C6H8OS/c1-7-3-6-11-8(7)10-5-4-9-2;1-5-3-4-8-6(5)7-2/h3,6H,4-5H2,1-2H3;3-4H,1-2H3. The topological polar surface area (TPSA) is 27.7 Å². The van der Waals surface area contributed by atoms with Crippen LogP contribution in [0.1, 0.15) is 11.1 Å². The third-order valence-corrected chi connectivity index (χ3v) is 4.24. The van der Waals surface area contributed by atoms with E-state index in [0.29, 0.717) is 13.2 Å². The molecule has 0 amide bonds. The SMILES string of the molecule is COCCOc1sccc1C.COc1sccc1C. The summed E-state index contributed by atoms with van der Waals surface area (Å²) in [7, 11) is 3.36.